The Morgan fingerprint density at radius 2 is 1.96 bits per heavy atom. The first-order chi connectivity index (χ1) is 10.8. The first kappa shape index (κ1) is 17.4. The van der Waals surface area contributed by atoms with Gasteiger partial charge < -0.3 is 10.4 Å². The van der Waals surface area contributed by atoms with E-state index < -0.39 is 33.9 Å². The highest BCUT2D eigenvalue weighted by molar-refractivity contribution is 7.88. The highest BCUT2D eigenvalue weighted by atomic mass is 32.2. The zero-order valence-electron chi connectivity index (χ0n) is 12.8. The molecule has 0 saturated carbocycles. The van der Waals surface area contributed by atoms with Crippen molar-refractivity contribution in [2.24, 2.45) is 5.92 Å². The topological polar surface area (TPSA) is 104 Å². The molecule has 0 spiro atoms. The number of sulfonamides is 1. The summed E-state index contributed by atoms with van der Waals surface area (Å²) in [4.78, 5) is 23.8. The van der Waals surface area contributed by atoms with Crippen molar-refractivity contribution >= 4 is 21.9 Å². The zero-order chi connectivity index (χ0) is 17.0. The van der Waals surface area contributed by atoms with Gasteiger partial charge in [0, 0.05) is 13.1 Å². The van der Waals surface area contributed by atoms with Crippen LogP contribution in [0.15, 0.2) is 30.3 Å². The quantitative estimate of drug-likeness (QED) is 0.817. The van der Waals surface area contributed by atoms with Crippen LogP contribution in [-0.2, 0) is 19.6 Å². The van der Waals surface area contributed by atoms with Crippen LogP contribution in [-0.4, -0.2) is 49.1 Å². The Kier molecular flexibility index (Phi) is 5.38. The molecule has 1 saturated heterocycles. The van der Waals surface area contributed by atoms with Gasteiger partial charge in [0.05, 0.1) is 12.2 Å². The minimum absolute atomic E-state index is 0.0891. The molecule has 0 radical (unpaired) electrons. The molecular weight excluding hydrogens is 320 g/mol. The lowest BCUT2D eigenvalue weighted by molar-refractivity contribution is -0.143. The summed E-state index contributed by atoms with van der Waals surface area (Å²) in [5.41, 5.74) is 0.476. The Hall–Kier alpha value is -1.93. The van der Waals surface area contributed by atoms with E-state index in [9.17, 15) is 23.1 Å². The molecule has 1 aliphatic rings. The van der Waals surface area contributed by atoms with E-state index in [1.54, 1.807) is 30.3 Å². The van der Waals surface area contributed by atoms with Crippen molar-refractivity contribution in [1.82, 2.24) is 9.62 Å². The van der Waals surface area contributed by atoms with Crippen LogP contribution in [0.1, 0.15) is 24.4 Å². The number of amides is 1. The third-order valence-corrected chi connectivity index (χ3v) is 5.16. The lowest BCUT2D eigenvalue weighted by Crippen LogP contribution is -2.46. The number of rotatable bonds is 5. The fourth-order valence-corrected chi connectivity index (χ4v) is 3.56. The average Bonchev–Trinajstić information content (AvgIpc) is 2.52. The maximum atomic E-state index is 12.4. The summed E-state index contributed by atoms with van der Waals surface area (Å²) in [6.07, 6.45) is 2.23. The molecule has 126 valence electrons. The summed E-state index contributed by atoms with van der Waals surface area (Å²) in [6.45, 7) is 0.482. The van der Waals surface area contributed by atoms with Crippen LogP contribution in [0.25, 0.3) is 0 Å². The van der Waals surface area contributed by atoms with Crippen LogP contribution in [0.2, 0.25) is 0 Å². The van der Waals surface area contributed by atoms with E-state index in [4.69, 9.17) is 0 Å². The van der Waals surface area contributed by atoms with Gasteiger partial charge in [-0.05, 0) is 18.4 Å². The van der Waals surface area contributed by atoms with Gasteiger partial charge in [-0.2, -0.15) is 0 Å². The fraction of sp³-hybridized carbons (Fsp3) is 0.467. The predicted octanol–water partition coefficient (Wildman–Crippen LogP) is 0.600. The van der Waals surface area contributed by atoms with Crippen molar-refractivity contribution in [2.75, 3.05) is 19.3 Å². The van der Waals surface area contributed by atoms with E-state index in [0.29, 0.717) is 24.9 Å². The summed E-state index contributed by atoms with van der Waals surface area (Å²) in [6, 6.07) is 7.27. The number of aliphatic carboxylic acids is 1. The molecule has 23 heavy (non-hydrogen) atoms. The van der Waals surface area contributed by atoms with Crippen molar-refractivity contribution in [2.45, 2.75) is 18.9 Å². The van der Waals surface area contributed by atoms with Gasteiger partial charge in [-0.15, -0.1) is 0 Å². The summed E-state index contributed by atoms with van der Waals surface area (Å²) in [5.74, 6) is -2.13. The molecule has 2 atom stereocenters. The maximum Gasteiger partial charge on any atom is 0.330 e. The molecule has 1 heterocycles. The molecule has 7 nitrogen and oxygen atoms in total. The summed E-state index contributed by atoms with van der Waals surface area (Å²) >= 11 is 0. The van der Waals surface area contributed by atoms with Crippen LogP contribution >= 0.6 is 0 Å². The number of carboxylic acids is 1. The number of carbonyl (C=O) groups excluding carboxylic acids is 1. The smallest absolute Gasteiger partial charge is 0.330 e. The minimum Gasteiger partial charge on any atom is -0.479 e. The second kappa shape index (κ2) is 7.10. The number of piperidine rings is 1. The zero-order valence-corrected chi connectivity index (χ0v) is 13.6. The number of benzene rings is 1. The molecular formula is C15H20N2O5S. The first-order valence-corrected chi connectivity index (χ1v) is 9.17. The van der Waals surface area contributed by atoms with E-state index in [0.717, 1.165) is 6.26 Å². The number of nitrogens with one attached hydrogen (secondary N) is 1. The fourth-order valence-electron chi connectivity index (χ4n) is 2.65. The minimum atomic E-state index is -3.35. The van der Waals surface area contributed by atoms with Crippen LogP contribution in [0.3, 0.4) is 0 Å². The molecule has 1 aromatic rings. The average molecular weight is 340 g/mol. The van der Waals surface area contributed by atoms with Gasteiger partial charge in [0.1, 0.15) is 0 Å². The van der Waals surface area contributed by atoms with Crippen LogP contribution < -0.4 is 5.32 Å². The standard InChI is InChI=1S/C15H20N2O5S/c1-23(21,22)17-9-5-8-12(10-17)14(18)16-13(15(19)20)11-6-3-2-4-7-11/h2-4,6-7,12-13H,5,8-10H2,1H3,(H,16,18)(H,19,20)/t12-,13-/m0/s1. The second-order valence-corrected chi connectivity index (χ2v) is 7.63. The van der Waals surface area contributed by atoms with Gasteiger partial charge in [0.25, 0.3) is 0 Å². The van der Waals surface area contributed by atoms with Crippen molar-refractivity contribution < 1.29 is 23.1 Å². The van der Waals surface area contributed by atoms with Gasteiger partial charge in [-0.3, -0.25) is 4.79 Å². The molecule has 1 aromatic carbocycles. The molecule has 2 rings (SSSR count). The summed E-state index contributed by atoms with van der Waals surface area (Å²) in [7, 11) is -3.35. The molecule has 0 unspecified atom stereocenters. The van der Waals surface area contributed by atoms with Gasteiger partial charge in [0.15, 0.2) is 6.04 Å². The number of hydrogen-bond donors (Lipinski definition) is 2. The van der Waals surface area contributed by atoms with Crippen LogP contribution in [0.4, 0.5) is 0 Å². The monoisotopic (exact) mass is 340 g/mol. The van der Waals surface area contributed by atoms with E-state index in [1.165, 1.54) is 4.31 Å². The first-order valence-electron chi connectivity index (χ1n) is 7.32. The number of carboxylic acid groups (broad SMARTS) is 1. The largest absolute Gasteiger partial charge is 0.479 e. The van der Waals surface area contributed by atoms with Gasteiger partial charge in [-0.1, -0.05) is 30.3 Å². The molecule has 0 bridgehead atoms. The van der Waals surface area contributed by atoms with Crippen molar-refractivity contribution in [1.29, 1.82) is 0 Å². The normalized spacial score (nSPS) is 20.7. The van der Waals surface area contributed by atoms with Gasteiger partial charge in [-0.25, -0.2) is 17.5 Å². The van der Waals surface area contributed by atoms with Crippen molar-refractivity contribution in [3.63, 3.8) is 0 Å². The number of hydrogen-bond acceptors (Lipinski definition) is 4. The maximum absolute atomic E-state index is 12.4. The Morgan fingerprint density at radius 1 is 1.30 bits per heavy atom. The molecule has 8 heteroatoms. The molecule has 1 fully saturated rings. The molecule has 0 aliphatic carbocycles. The van der Waals surface area contributed by atoms with Gasteiger partial charge >= 0.3 is 5.97 Å². The Balaban J connectivity index is 2.09. The van der Waals surface area contributed by atoms with Crippen LogP contribution in [0, 0.1) is 5.92 Å². The van der Waals surface area contributed by atoms with Crippen molar-refractivity contribution in [3.8, 4) is 0 Å². The van der Waals surface area contributed by atoms with Crippen molar-refractivity contribution in [3.05, 3.63) is 35.9 Å². The Morgan fingerprint density at radius 3 is 2.52 bits per heavy atom. The number of carbonyl (C=O) groups is 2. The van der Waals surface area contributed by atoms with E-state index in [1.807, 2.05) is 0 Å². The Labute approximate surface area is 135 Å². The van der Waals surface area contributed by atoms with E-state index in [-0.39, 0.29) is 6.54 Å². The Bertz CT molecular complexity index is 674. The predicted molar refractivity (Wildman–Crippen MR) is 84.1 cm³/mol. The van der Waals surface area contributed by atoms with Gasteiger partial charge in [0.2, 0.25) is 15.9 Å². The van der Waals surface area contributed by atoms with E-state index >= 15 is 0 Å². The number of nitrogens with zero attached hydrogens (tertiary/aromatic N) is 1. The lowest BCUT2D eigenvalue weighted by atomic mass is 9.97. The highest BCUT2D eigenvalue weighted by Gasteiger charge is 2.32. The lowest BCUT2D eigenvalue weighted by Gasteiger charge is -2.30. The summed E-state index contributed by atoms with van der Waals surface area (Å²) < 4.78 is 24.5. The highest BCUT2D eigenvalue weighted by Crippen LogP contribution is 2.21. The third kappa shape index (κ3) is 4.52. The molecule has 0 aromatic heterocycles. The third-order valence-electron chi connectivity index (χ3n) is 3.89. The molecule has 2 N–H and O–H groups in total. The second-order valence-electron chi connectivity index (χ2n) is 5.65. The molecule has 1 amide bonds. The van der Waals surface area contributed by atoms with Crippen LogP contribution in [0.5, 0.6) is 0 Å². The summed E-state index contributed by atoms with van der Waals surface area (Å²) in [5, 5.41) is 11.8. The SMILES string of the molecule is CS(=O)(=O)N1CCC[C@H](C(=O)N[C@H](C(=O)O)c2ccccc2)C1. The molecule has 1 aliphatic heterocycles. The van der Waals surface area contributed by atoms with E-state index in [2.05, 4.69) is 5.32 Å².